The molecule has 0 aromatic heterocycles. The van der Waals surface area contributed by atoms with E-state index in [0.717, 1.165) is 40.7 Å². The molecule has 0 radical (unpaired) electrons. The van der Waals surface area contributed by atoms with Crippen LogP contribution in [-0.4, -0.2) is 50.2 Å². The van der Waals surface area contributed by atoms with Gasteiger partial charge in [-0.15, -0.1) is 0 Å². The van der Waals surface area contributed by atoms with Gasteiger partial charge >= 0.3 is 0 Å². The fourth-order valence-electron chi connectivity index (χ4n) is 2.93. The predicted molar refractivity (Wildman–Crippen MR) is 105 cm³/mol. The van der Waals surface area contributed by atoms with Crippen molar-refractivity contribution in [1.82, 2.24) is 4.90 Å². The van der Waals surface area contributed by atoms with E-state index in [0.29, 0.717) is 0 Å². The lowest BCUT2D eigenvalue weighted by Gasteiger charge is -2.37. The van der Waals surface area contributed by atoms with Crippen molar-refractivity contribution < 1.29 is 4.48 Å². The quantitative estimate of drug-likeness (QED) is 0.357. The number of hydrogen-bond donors (Lipinski definition) is 0. The first-order valence-corrected chi connectivity index (χ1v) is 9.18. The molecule has 134 valence electrons. The highest BCUT2D eigenvalue weighted by Crippen LogP contribution is 2.21. The highest BCUT2D eigenvalue weighted by atomic mass is 15.3. The molecule has 0 spiro atoms. The van der Waals surface area contributed by atoms with Gasteiger partial charge in [0.15, 0.2) is 0 Å². The molecule has 0 N–H and O–H groups in total. The third kappa shape index (κ3) is 9.00. The molecule has 2 heteroatoms. The molecule has 0 aromatic rings. The van der Waals surface area contributed by atoms with Gasteiger partial charge in [-0.1, -0.05) is 58.9 Å². The lowest BCUT2D eigenvalue weighted by atomic mass is 9.89. The zero-order valence-electron chi connectivity index (χ0n) is 16.9. The lowest BCUT2D eigenvalue weighted by molar-refractivity contribution is -0.893. The largest absolute Gasteiger partial charge is 0.369 e. The van der Waals surface area contributed by atoms with Gasteiger partial charge < -0.3 is 9.38 Å². The van der Waals surface area contributed by atoms with E-state index in [1.165, 1.54) is 25.8 Å². The summed E-state index contributed by atoms with van der Waals surface area (Å²) in [5.74, 6) is 1.58. The molecule has 0 aromatic carbocycles. The van der Waals surface area contributed by atoms with Gasteiger partial charge in [-0.05, 0) is 24.8 Å². The Bertz CT molecular complexity index is 391. The summed E-state index contributed by atoms with van der Waals surface area (Å²) >= 11 is 0. The Labute approximate surface area is 146 Å². The van der Waals surface area contributed by atoms with E-state index < -0.39 is 0 Å². The van der Waals surface area contributed by atoms with Gasteiger partial charge in [-0.25, -0.2) is 0 Å². The highest BCUT2D eigenvalue weighted by Gasteiger charge is 2.24. The van der Waals surface area contributed by atoms with Crippen LogP contribution in [0, 0.1) is 11.8 Å². The molecule has 0 aliphatic heterocycles. The van der Waals surface area contributed by atoms with Crippen LogP contribution in [0.2, 0.25) is 0 Å². The van der Waals surface area contributed by atoms with Crippen molar-refractivity contribution in [3.8, 4) is 0 Å². The number of likely N-dealkylation sites (N-methyl/N-ethyl adjacent to an activating group) is 2. The van der Waals surface area contributed by atoms with Crippen molar-refractivity contribution in [3.63, 3.8) is 0 Å². The van der Waals surface area contributed by atoms with Crippen LogP contribution in [0.1, 0.15) is 47.0 Å². The first-order chi connectivity index (χ1) is 10.6. The summed E-state index contributed by atoms with van der Waals surface area (Å²) in [5, 5.41) is 0. The monoisotopic (exact) mass is 321 g/mol. The summed E-state index contributed by atoms with van der Waals surface area (Å²) in [6.45, 7) is 20.7. The van der Waals surface area contributed by atoms with E-state index >= 15 is 0 Å². The minimum atomic E-state index is 0.765. The fourth-order valence-corrected chi connectivity index (χ4v) is 2.93. The number of rotatable bonds is 12. The van der Waals surface area contributed by atoms with Crippen molar-refractivity contribution in [2.45, 2.75) is 47.0 Å². The lowest BCUT2D eigenvalue weighted by Crippen LogP contribution is -2.48. The van der Waals surface area contributed by atoms with Crippen molar-refractivity contribution >= 4 is 0 Å². The Kier molecular flexibility index (Phi) is 10.2. The zero-order valence-corrected chi connectivity index (χ0v) is 16.9. The van der Waals surface area contributed by atoms with Crippen LogP contribution in [0.4, 0.5) is 0 Å². The van der Waals surface area contributed by atoms with E-state index in [1.807, 2.05) is 19.1 Å². The number of nitrogens with zero attached hydrogens (tertiary/aromatic N) is 2. The van der Waals surface area contributed by atoms with Crippen LogP contribution in [0.25, 0.3) is 0 Å². The first kappa shape index (κ1) is 22.0. The number of unbranched alkanes of at least 4 members (excludes halogenated alkanes) is 1. The van der Waals surface area contributed by atoms with E-state index in [4.69, 9.17) is 0 Å². The molecule has 0 heterocycles. The standard InChI is InChI=1S/C21H41N2/c1-10-12-14-21(18(3)4)17-23(8,9)16-15-22(7)20(6)19(5)13-11-2/h11,13,18,21H,5-6,10,12,14-17H2,1-4,7-9H3/q+1. The van der Waals surface area contributed by atoms with Crippen LogP contribution in [0.5, 0.6) is 0 Å². The second kappa shape index (κ2) is 10.7. The average Bonchev–Trinajstić information content (AvgIpc) is 2.48. The van der Waals surface area contributed by atoms with Gasteiger partial charge in [0.2, 0.25) is 0 Å². The molecule has 0 saturated heterocycles. The maximum Gasteiger partial charge on any atom is 0.0960 e. The van der Waals surface area contributed by atoms with E-state index in [9.17, 15) is 0 Å². The Hall–Kier alpha value is -1.02. The van der Waals surface area contributed by atoms with Gasteiger partial charge in [-0.3, -0.25) is 0 Å². The third-order valence-corrected chi connectivity index (χ3v) is 4.84. The summed E-state index contributed by atoms with van der Waals surface area (Å²) in [5.41, 5.74) is 2.03. The molecule has 0 aliphatic rings. The number of allylic oxidation sites excluding steroid dienone is 2. The van der Waals surface area contributed by atoms with Crippen molar-refractivity contribution in [3.05, 3.63) is 36.6 Å². The molecule has 0 saturated carbocycles. The molecule has 1 atom stereocenters. The summed E-state index contributed by atoms with van der Waals surface area (Å²) < 4.78 is 1.07. The molecule has 1 unspecified atom stereocenters. The van der Waals surface area contributed by atoms with Crippen LogP contribution >= 0.6 is 0 Å². The van der Waals surface area contributed by atoms with E-state index in [1.54, 1.807) is 0 Å². The number of hydrogen-bond acceptors (Lipinski definition) is 1. The molecule has 2 nitrogen and oxygen atoms in total. The summed E-state index contributed by atoms with van der Waals surface area (Å²) in [4.78, 5) is 2.23. The van der Waals surface area contributed by atoms with Crippen molar-refractivity contribution in [1.29, 1.82) is 0 Å². The highest BCUT2D eigenvalue weighted by molar-refractivity contribution is 5.33. The zero-order chi connectivity index (χ0) is 18.0. The summed E-state index contributed by atoms with van der Waals surface area (Å²) in [7, 11) is 6.84. The first-order valence-electron chi connectivity index (χ1n) is 9.18. The maximum atomic E-state index is 4.17. The molecular formula is C21H41N2+. The molecule has 0 aliphatic carbocycles. The minimum absolute atomic E-state index is 0.765. The fraction of sp³-hybridized carbons (Fsp3) is 0.714. The molecule has 23 heavy (non-hydrogen) atoms. The van der Waals surface area contributed by atoms with Gasteiger partial charge in [0.1, 0.15) is 0 Å². The second-order valence-corrected chi connectivity index (χ2v) is 7.88. The maximum absolute atomic E-state index is 4.17. The normalized spacial score (nSPS) is 13.6. The summed E-state index contributed by atoms with van der Waals surface area (Å²) in [6.07, 6.45) is 8.05. The molecule has 0 bridgehead atoms. The predicted octanol–water partition coefficient (Wildman–Crippen LogP) is 5.10. The van der Waals surface area contributed by atoms with Gasteiger partial charge in [0.05, 0.1) is 33.7 Å². The third-order valence-electron chi connectivity index (χ3n) is 4.84. The van der Waals surface area contributed by atoms with Crippen LogP contribution in [0.3, 0.4) is 0 Å². The number of quaternary nitrogens is 1. The molecule has 0 fully saturated rings. The van der Waals surface area contributed by atoms with Crippen LogP contribution in [0.15, 0.2) is 36.6 Å². The van der Waals surface area contributed by atoms with E-state index in [-0.39, 0.29) is 0 Å². The van der Waals surface area contributed by atoms with Crippen molar-refractivity contribution in [2.24, 2.45) is 11.8 Å². The average molecular weight is 322 g/mol. The molecule has 0 rings (SSSR count). The van der Waals surface area contributed by atoms with Crippen molar-refractivity contribution in [2.75, 3.05) is 40.8 Å². The summed E-state index contributed by atoms with van der Waals surface area (Å²) in [6, 6.07) is 0. The second-order valence-electron chi connectivity index (χ2n) is 7.88. The molecule has 0 amide bonds. The Morgan fingerprint density at radius 2 is 1.83 bits per heavy atom. The van der Waals surface area contributed by atoms with E-state index in [2.05, 4.69) is 60.0 Å². The molecular weight excluding hydrogens is 280 g/mol. The smallest absolute Gasteiger partial charge is 0.0960 e. The van der Waals surface area contributed by atoms with Crippen LogP contribution < -0.4 is 0 Å². The van der Waals surface area contributed by atoms with Gasteiger partial charge in [0, 0.05) is 18.7 Å². The van der Waals surface area contributed by atoms with Gasteiger partial charge in [0.25, 0.3) is 0 Å². The minimum Gasteiger partial charge on any atom is -0.369 e. The topological polar surface area (TPSA) is 3.24 Å². The SMILES string of the molecule is C=C(C=CC)C(=C)N(C)CC[N+](C)(C)CC(CCCC)C(C)C. The Morgan fingerprint density at radius 1 is 1.22 bits per heavy atom. The Morgan fingerprint density at radius 3 is 2.30 bits per heavy atom. The Balaban J connectivity index is 4.55. The van der Waals surface area contributed by atoms with Crippen LogP contribution in [-0.2, 0) is 0 Å². The van der Waals surface area contributed by atoms with Gasteiger partial charge in [-0.2, -0.15) is 0 Å².